The van der Waals surface area contributed by atoms with Crippen molar-refractivity contribution in [3.8, 4) is 0 Å². The van der Waals surface area contributed by atoms with Crippen LogP contribution in [-0.4, -0.2) is 16.3 Å². The second-order valence-corrected chi connectivity index (χ2v) is 4.79. The molecule has 0 radical (unpaired) electrons. The second-order valence-electron chi connectivity index (χ2n) is 4.79. The predicted octanol–water partition coefficient (Wildman–Crippen LogP) is 2.14. The van der Waals surface area contributed by atoms with Gasteiger partial charge in [-0.25, -0.2) is 4.68 Å². The van der Waals surface area contributed by atoms with Crippen molar-refractivity contribution < 1.29 is 0 Å². The van der Waals surface area contributed by atoms with Crippen molar-refractivity contribution in [3.05, 3.63) is 11.8 Å². The molecule has 1 aliphatic heterocycles. The van der Waals surface area contributed by atoms with Crippen LogP contribution in [0.5, 0.6) is 0 Å². The minimum absolute atomic E-state index is 0.685. The van der Waals surface area contributed by atoms with Crippen molar-refractivity contribution in [2.24, 2.45) is 11.8 Å². The summed E-state index contributed by atoms with van der Waals surface area (Å²) >= 11 is 0. The molecule has 1 aromatic heterocycles. The van der Waals surface area contributed by atoms with Gasteiger partial charge in [-0.2, -0.15) is 5.10 Å². The van der Waals surface area contributed by atoms with Crippen LogP contribution in [0.3, 0.4) is 0 Å². The Kier molecular flexibility index (Phi) is 2.48. The molecule has 3 heteroatoms. The summed E-state index contributed by atoms with van der Waals surface area (Å²) in [4.78, 5) is 0. The van der Waals surface area contributed by atoms with E-state index in [9.17, 15) is 0 Å². The lowest BCUT2D eigenvalue weighted by Gasteiger charge is -2.21. The van der Waals surface area contributed by atoms with Gasteiger partial charge in [0, 0.05) is 19.2 Å². The molecule has 0 saturated heterocycles. The highest BCUT2D eigenvalue weighted by atomic mass is 15.3. The first-order valence-electron chi connectivity index (χ1n) is 5.45. The molecule has 78 valence electrons. The van der Waals surface area contributed by atoms with Crippen molar-refractivity contribution in [2.45, 2.75) is 33.7 Å². The molecule has 0 spiro atoms. The van der Waals surface area contributed by atoms with E-state index in [1.54, 1.807) is 0 Å². The quantitative estimate of drug-likeness (QED) is 0.780. The van der Waals surface area contributed by atoms with Crippen molar-refractivity contribution in [1.82, 2.24) is 9.78 Å². The summed E-state index contributed by atoms with van der Waals surface area (Å²) < 4.78 is 2.10. The minimum atomic E-state index is 0.685. The molecule has 0 saturated carbocycles. The van der Waals surface area contributed by atoms with Crippen molar-refractivity contribution in [1.29, 1.82) is 0 Å². The van der Waals surface area contributed by atoms with E-state index >= 15 is 0 Å². The van der Waals surface area contributed by atoms with Crippen LogP contribution in [0.15, 0.2) is 6.07 Å². The van der Waals surface area contributed by atoms with Crippen LogP contribution in [0.25, 0.3) is 0 Å². The molecule has 14 heavy (non-hydrogen) atoms. The average molecular weight is 193 g/mol. The van der Waals surface area contributed by atoms with Crippen LogP contribution < -0.4 is 5.32 Å². The Balaban J connectivity index is 2.15. The van der Waals surface area contributed by atoms with E-state index in [2.05, 4.69) is 41.9 Å². The molecular weight excluding hydrogens is 174 g/mol. The predicted molar refractivity (Wildman–Crippen MR) is 58.4 cm³/mol. The van der Waals surface area contributed by atoms with Crippen LogP contribution in [0, 0.1) is 11.8 Å². The molecule has 1 atom stereocenters. The van der Waals surface area contributed by atoms with Gasteiger partial charge < -0.3 is 5.32 Å². The number of aromatic nitrogens is 2. The number of anilines is 1. The van der Waals surface area contributed by atoms with Crippen LogP contribution in [0.1, 0.15) is 26.5 Å². The van der Waals surface area contributed by atoms with E-state index in [4.69, 9.17) is 0 Å². The third kappa shape index (κ3) is 1.91. The number of hydrogen-bond donors (Lipinski definition) is 1. The summed E-state index contributed by atoms with van der Waals surface area (Å²) in [5.41, 5.74) is 1.22. The molecule has 0 aromatic carbocycles. The van der Waals surface area contributed by atoms with E-state index in [1.807, 2.05) is 0 Å². The smallest absolute Gasteiger partial charge is 0.124 e. The molecule has 1 N–H and O–H groups in total. The van der Waals surface area contributed by atoms with E-state index in [0.29, 0.717) is 11.8 Å². The zero-order chi connectivity index (χ0) is 10.1. The monoisotopic (exact) mass is 193 g/mol. The SMILES string of the molecule is CC(C)Cc1cc2n(n1)CC(C)CN2. The van der Waals surface area contributed by atoms with Crippen LogP contribution >= 0.6 is 0 Å². The zero-order valence-corrected chi connectivity index (χ0v) is 9.25. The highest BCUT2D eigenvalue weighted by molar-refractivity contribution is 5.38. The summed E-state index contributed by atoms with van der Waals surface area (Å²) in [7, 11) is 0. The van der Waals surface area contributed by atoms with Gasteiger partial charge >= 0.3 is 0 Å². The van der Waals surface area contributed by atoms with Crippen molar-refractivity contribution >= 4 is 5.82 Å². The summed E-state index contributed by atoms with van der Waals surface area (Å²) in [6, 6.07) is 2.19. The van der Waals surface area contributed by atoms with Gasteiger partial charge in [0.15, 0.2) is 0 Å². The Morgan fingerprint density at radius 1 is 1.64 bits per heavy atom. The number of nitrogens with one attached hydrogen (secondary N) is 1. The first-order chi connectivity index (χ1) is 6.65. The highest BCUT2D eigenvalue weighted by Gasteiger charge is 2.16. The van der Waals surface area contributed by atoms with Crippen LogP contribution in [0.2, 0.25) is 0 Å². The molecule has 1 aliphatic rings. The van der Waals surface area contributed by atoms with E-state index in [0.717, 1.165) is 19.5 Å². The number of nitrogens with zero attached hydrogens (tertiary/aromatic N) is 2. The van der Waals surface area contributed by atoms with Gasteiger partial charge in [0.1, 0.15) is 5.82 Å². The molecule has 0 amide bonds. The van der Waals surface area contributed by atoms with Crippen LogP contribution in [0.4, 0.5) is 5.82 Å². The Labute approximate surface area is 85.5 Å². The van der Waals surface area contributed by atoms with E-state index in [-0.39, 0.29) is 0 Å². The fraction of sp³-hybridized carbons (Fsp3) is 0.727. The average Bonchev–Trinajstić information content (AvgIpc) is 2.44. The molecule has 3 nitrogen and oxygen atoms in total. The summed E-state index contributed by atoms with van der Waals surface area (Å²) in [5.74, 6) is 2.57. The van der Waals surface area contributed by atoms with Gasteiger partial charge in [-0.15, -0.1) is 0 Å². The van der Waals surface area contributed by atoms with Gasteiger partial charge in [-0.1, -0.05) is 20.8 Å². The third-order valence-electron chi connectivity index (χ3n) is 2.56. The van der Waals surface area contributed by atoms with Gasteiger partial charge in [-0.05, 0) is 18.3 Å². The number of hydrogen-bond acceptors (Lipinski definition) is 2. The van der Waals surface area contributed by atoms with E-state index in [1.165, 1.54) is 11.5 Å². The molecule has 2 heterocycles. The third-order valence-corrected chi connectivity index (χ3v) is 2.56. The molecule has 0 fully saturated rings. The Hall–Kier alpha value is -0.990. The molecule has 1 unspecified atom stereocenters. The first kappa shape index (κ1) is 9.56. The lowest BCUT2D eigenvalue weighted by molar-refractivity contribution is 0.441. The lowest BCUT2D eigenvalue weighted by Crippen LogP contribution is -2.25. The van der Waals surface area contributed by atoms with E-state index < -0.39 is 0 Å². The van der Waals surface area contributed by atoms with Crippen molar-refractivity contribution in [2.75, 3.05) is 11.9 Å². The molecular formula is C11H19N3. The summed E-state index contributed by atoms with van der Waals surface area (Å²) in [6.45, 7) is 8.84. The number of fused-ring (bicyclic) bond motifs is 1. The van der Waals surface area contributed by atoms with Gasteiger partial charge in [0.05, 0.1) is 5.69 Å². The fourth-order valence-electron chi connectivity index (χ4n) is 1.91. The first-order valence-corrected chi connectivity index (χ1v) is 5.45. The second kappa shape index (κ2) is 3.64. The topological polar surface area (TPSA) is 29.9 Å². The number of rotatable bonds is 2. The van der Waals surface area contributed by atoms with Gasteiger partial charge in [0.25, 0.3) is 0 Å². The molecule has 2 rings (SSSR count). The fourth-order valence-corrected chi connectivity index (χ4v) is 1.91. The van der Waals surface area contributed by atoms with Gasteiger partial charge in [0.2, 0.25) is 0 Å². The largest absolute Gasteiger partial charge is 0.370 e. The Morgan fingerprint density at radius 2 is 2.43 bits per heavy atom. The van der Waals surface area contributed by atoms with Crippen molar-refractivity contribution in [3.63, 3.8) is 0 Å². The lowest BCUT2D eigenvalue weighted by atomic mass is 10.1. The van der Waals surface area contributed by atoms with Crippen LogP contribution in [-0.2, 0) is 13.0 Å². The normalized spacial score (nSPS) is 20.7. The highest BCUT2D eigenvalue weighted by Crippen LogP contribution is 2.19. The maximum Gasteiger partial charge on any atom is 0.124 e. The minimum Gasteiger partial charge on any atom is -0.370 e. The standard InChI is InChI=1S/C11H19N3/c1-8(2)4-10-5-11-12-6-9(3)7-14(11)13-10/h5,8-9,12H,4,6-7H2,1-3H3. The van der Waals surface area contributed by atoms with Gasteiger partial charge in [-0.3, -0.25) is 0 Å². The molecule has 0 aliphatic carbocycles. The molecule has 1 aromatic rings. The zero-order valence-electron chi connectivity index (χ0n) is 9.25. The maximum atomic E-state index is 4.60. The Bertz CT molecular complexity index is 314. The maximum absolute atomic E-state index is 4.60. The summed E-state index contributed by atoms with van der Waals surface area (Å²) in [6.07, 6.45) is 1.08. The Morgan fingerprint density at radius 3 is 3.14 bits per heavy atom. The molecule has 0 bridgehead atoms. The summed E-state index contributed by atoms with van der Waals surface area (Å²) in [5, 5.41) is 8.00.